The largest absolute Gasteiger partial charge is 0.312 e. The van der Waals surface area contributed by atoms with Crippen molar-refractivity contribution in [3.8, 4) is 0 Å². The number of aromatic nitrogens is 4. The van der Waals surface area contributed by atoms with Gasteiger partial charge in [0.2, 0.25) is 0 Å². The van der Waals surface area contributed by atoms with E-state index in [0.29, 0.717) is 0 Å². The Labute approximate surface area is 111 Å². The second-order valence-electron chi connectivity index (χ2n) is 4.37. The summed E-state index contributed by atoms with van der Waals surface area (Å²) in [6, 6.07) is 2.43. The van der Waals surface area contributed by atoms with Crippen molar-refractivity contribution < 1.29 is 0 Å². The van der Waals surface area contributed by atoms with Gasteiger partial charge in [-0.25, -0.2) is 0 Å². The van der Waals surface area contributed by atoms with Crippen molar-refractivity contribution in [1.29, 1.82) is 0 Å². The van der Waals surface area contributed by atoms with Crippen molar-refractivity contribution >= 4 is 11.5 Å². The minimum absolute atomic E-state index is 0.255. The van der Waals surface area contributed by atoms with E-state index in [1.807, 2.05) is 25.7 Å². The molecule has 1 atom stereocenters. The quantitative estimate of drug-likeness (QED) is 0.893. The Hall–Kier alpha value is -1.27. The first-order valence-electron chi connectivity index (χ1n) is 6.13. The van der Waals surface area contributed by atoms with E-state index in [9.17, 15) is 0 Å². The average Bonchev–Trinajstić information content (AvgIpc) is 2.93. The lowest BCUT2D eigenvalue weighted by Crippen LogP contribution is -2.20. The van der Waals surface area contributed by atoms with E-state index < -0.39 is 0 Å². The van der Waals surface area contributed by atoms with Crippen molar-refractivity contribution in [3.05, 3.63) is 28.0 Å². The van der Waals surface area contributed by atoms with Gasteiger partial charge in [-0.3, -0.25) is 4.68 Å². The van der Waals surface area contributed by atoms with Gasteiger partial charge in [0.1, 0.15) is 0 Å². The van der Waals surface area contributed by atoms with Crippen molar-refractivity contribution in [3.63, 3.8) is 0 Å². The van der Waals surface area contributed by atoms with Crippen LogP contribution < -0.4 is 5.32 Å². The van der Waals surface area contributed by atoms with Crippen LogP contribution in [0.5, 0.6) is 0 Å². The summed E-state index contributed by atoms with van der Waals surface area (Å²) in [5.74, 6) is 0. The Kier molecular flexibility index (Phi) is 4.08. The molecular weight excluding hydrogens is 246 g/mol. The Bertz CT molecular complexity index is 516. The second-order valence-corrected chi connectivity index (χ2v) is 5.16. The second kappa shape index (κ2) is 5.58. The lowest BCUT2D eigenvalue weighted by atomic mass is 10.1. The van der Waals surface area contributed by atoms with Gasteiger partial charge in [-0.1, -0.05) is 11.4 Å². The number of likely N-dealkylation sites (N-methyl/N-ethyl adjacent to an activating group) is 1. The van der Waals surface area contributed by atoms with Crippen LogP contribution in [-0.4, -0.2) is 26.4 Å². The highest BCUT2D eigenvalue weighted by molar-refractivity contribution is 7.05. The smallest absolute Gasteiger partial charge is 0.0772 e. The first kappa shape index (κ1) is 13.2. The van der Waals surface area contributed by atoms with Crippen molar-refractivity contribution in [2.24, 2.45) is 7.05 Å². The van der Waals surface area contributed by atoms with Gasteiger partial charge in [-0.05, 0) is 38.0 Å². The van der Waals surface area contributed by atoms with Gasteiger partial charge in [0, 0.05) is 19.2 Å². The maximum atomic E-state index is 4.48. The lowest BCUT2D eigenvalue weighted by molar-refractivity contribution is 0.565. The normalized spacial score (nSPS) is 12.9. The number of rotatable bonds is 5. The zero-order chi connectivity index (χ0) is 13.1. The van der Waals surface area contributed by atoms with Crippen LogP contribution in [0.4, 0.5) is 0 Å². The summed E-state index contributed by atoms with van der Waals surface area (Å²) in [5, 5.41) is 11.9. The zero-order valence-corrected chi connectivity index (χ0v) is 12.1. The molecule has 5 nitrogen and oxygen atoms in total. The van der Waals surface area contributed by atoms with Gasteiger partial charge in [0.15, 0.2) is 0 Å². The van der Waals surface area contributed by atoms with Crippen molar-refractivity contribution in [2.45, 2.75) is 32.7 Å². The van der Waals surface area contributed by atoms with Crippen LogP contribution in [0.1, 0.15) is 34.9 Å². The summed E-state index contributed by atoms with van der Waals surface area (Å²) in [4.78, 5) is 1.21. The first-order chi connectivity index (χ1) is 8.65. The van der Waals surface area contributed by atoms with E-state index in [1.54, 1.807) is 0 Å². The molecule has 0 saturated carbocycles. The molecule has 0 bridgehead atoms. The monoisotopic (exact) mass is 265 g/mol. The third kappa shape index (κ3) is 2.59. The molecule has 0 saturated heterocycles. The van der Waals surface area contributed by atoms with Gasteiger partial charge >= 0.3 is 0 Å². The van der Waals surface area contributed by atoms with E-state index in [4.69, 9.17) is 0 Å². The molecular formula is C12H19N5S. The van der Waals surface area contributed by atoms with E-state index in [2.05, 4.69) is 33.0 Å². The Balaban J connectivity index is 2.20. The van der Waals surface area contributed by atoms with E-state index >= 15 is 0 Å². The molecule has 2 rings (SSSR count). The minimum atomic E-state index is 0.255. The van der Waals surface area contributed by atoms with Crippen LogP contribution in [-0.2, 0) is 19.9 Å². The molecule has 0 aliphatic rings. The fourth-order valence-electron chi connectivity index (χ4n) is 2.03. The highest BCUT2D eigenvalue weighted by Gasteiger charge is 2.18. The van der Waals surface area contributed by atoms with E-state index in [1.165, 1.54) is 22.1 Å². The molecule has 18 heavy (non-hydrogen) atoms. The molecule has 0 aromatic carbocycles. The van der Waals surface area contributed by atoms with Crippen molar-refractivity contribution in [1.82, 2.24) is 24.7 Å². The molecule has 0 fully saturated rings. The number of aryl methyl sites for hydroxylation is 3. The predicted octanol–water partition coefficient (Wildman–Crippen LogP) is 1.65. The van der Waals surface area contributed by atoms with Crippen molar-refractivity contribution in [2.75, 3.05) is 7.05 Å². The highest BCUT2D eigenvalue weighted by atomic mass is 32.1. The third-order valence-corrected chi connectivity index (χ3v) is 4.09. The standard InChI is InChI=1S/C12H19N5S/c1-5-9-6-10(17(4)15-9)7-11(13-3)12-8(2)14-16-18-12/h6,11,13H,5,7H2,1-4H3. The number of nitrogens with zero attached hydrogens (tertiary/aromatic N) is 4. The lowest BCUT2D eigenvalue weighted by Gasteiger charge is -2.14. The van der Waals surface area contributed by atoms with Gasteiger partial charge in [0.05, 0.1) is 22.3 Å². The summed E-state index contributed by atoms with van der Waals surface area (Å²) in [5.41, 5.74) is 3.39. The van der Waals surface area contributed by atoms with Crippen LogP contribution in [0.25, 0.3) is 0 Å². The van der Waals surface area contributed by atoms with Crippen LogP contribution in [0, 0.1) is 6.92 Å². The Morgan fingerprint density at radius 3 is 2.78 bits per heavy atom. The summed E-state index contributed by atoms with van der Waals surface area (Å²) >= 11 is 1.47. The maximum Gasteiger partial charge on any atom is 0.0772 e. The van der Waals surface area contributed by atoms with Gasteiger partial charge in [-0.2, -0.15) is 5.10 Å². The Morgan fingerprint density at radius 2 is 2.28 bits per heavy atom. The molecule has 2 aromatic rings. The summed E-state index contributed by atoms with van der Waals surface area (Å²) in [6.45, 7) is 4.13. The summed E-state index contributed by atoms with van der Waals surface area (Å²) in [6.07, 6.45) is 1.88. The molecule has 2 aromatic heterocycles. The molecule has 2 heterocycles. The van der Waals surface area contributed by atoms with Crippen LogP contribution >= 0.6 is 11.5 Å². The molecule has 0 aliphatic heterocycles. The SMILES string of the molecule is CCc1cc(CC(NC)c2snnc2C)n(C)n1. The van der Waals surface area contributed by atoms with E-state index in [-0.39, 0.29) is 6.04 Å². The molecule has 6 heteroatoms. The minimum Gasteiger partial charge on any atom is -0.312 e. The van der Waals surface area contributed by atoms with E-state index in [0.717, 1.165) is 24.2 Å². The van der Waals surface area contributed by atoms with Gasteiger partial charge in [0.25, 0.3) is 0 Å². The molecule has 98 valence electrons. The highest BCUT2D eigenvalue weighted by Crippen LogP contribution is 2.23. The summed E-state index contributed by atoms with van der Waals surface area (Å²) < 4.78 is 5.97. The molecule has 0 aliphatic carbocycles. The fourth-order valence-corrected chi connectivity index (χ4v) is 2.78. The third-order valence-electron chi connectivity index (χ3n) is 3.15. The van der Waals surface area contributed by atoms with Crippen LogP contribution in [0.3, 0.4) is 0 Å². The van der Waals surface area contributed by atoms with Gasteiger partial charge < -0.3 is 5.32 Å². The topological polar surface area (TPSA) is 55.6 Å². The molecule has 1 unspecified atom stereocenters. The molecule has 0 radical (unpaired) electrons. The van der Waals surface area contributed by atoms with Gasteiger partial charge in [-0.15, -0.1) is 5.10 Å². The molecule has 0 spiro atoms. The molecule has 1 N–H and O–H groups in total. The fraction of sp³-hybridized carbons (Fsp3) is 0.583. The zero-order valence-electron chi connectivity index (χ0n) is 11.3. The predicted molar refractivity (Wildman–Crippen MR) is 72.7 cm³/mol. The van der Waals surface area contributed by atoms with Crippen LogP contribution in [0.2, 0.25) is 0 Å². The van der Waals surface area contributed by atoms with Crippen LogP contribution in [0.15, 0.2) is 6.07 Å². The Morgan fingerprint density at radius 1 is 1.50 bits per heavy atom. The first-order valence-corrected chi connectivity index (χ1v) is 6.91. The number of hydrogen-bond donors (Lipinski definition) is 1. The average molecular weight is 265 g/mol. The summed E-state index contributed by atoms with van der Waals surface area (Å²) in [7, 11) is 3.97. The molecule has 0 amide bonds. The maximum absolute atomic E-state index is 4.48. The number of hydrogen-bond acceptors (Lipinski definition) is 5. The number of nitrogens with one attached hydrogen (secondary N) is 1.